The lowest BCUT2D eigenvalue weighted by molar-refractivity contribution is -0.132. The third-order valence-corrected chi connectivity index (χ3v) is 4.60. The second kappa shape index (κ2) is 9.84. The number of methoxy groups -OCH3 is 1. The Bertz CT molecular complexity index is 1060. The molecule has 0 aliphatic rings. The SMILES string of the molecule is COc1cc(/C=C(\CCNCc2cccc(F)c2)C(=O)O)ccc1-n1cnc(C)c1. The monoisotopic (exact) mass is 409 g/mol. The normalized spacial score (nSPS) is 11.5. The Morgan fingerprint density at radius 1 is 1.30 bits per heavy atom. The van der Waals surface area contributed by atoms with Gasteiger partial charge in [-0.05, 0) is 61.4 Å². The van der Waals surface area contributed by atoms with E-state index in [0.717, 1.165) is 22.5 Å². The maximum Gasteiger partial charge on any atom is 0.331 e. The zero-order valence-electron chi connectivity index (χ0n) is 16.9. The van der Waals surface area contributed by atoms with Gasteiger partial charge in [-0.3, -0.25) is 0 Å². The van der Waals surface area contributed by atoms with Crippen molar-refractivity contribution in [2.75, 3.05) is 13.7 Å². The molecule has 6 nitrogen and oxygen atoms in total. The highest BCUT2D eigenvalue weighted by molar-refractivity contribution is 5.92. The van der Waals surface area contributed by atoms with Gasteiger partial charge in [0.2, 0.25) is 0 Å². The molecule has 1 heterocycles. The lowest BCUT2D eigenvalue weighted by Gasteiger charge is -2.11. The number of hydrogen-bond acceptors (Lipinski definition) is 4. The van der Waals surface area contributed by atoms with E-state index < -0.39 is 5.97 Å². The van der Waals surface area contributed by atoms with Gasteiger partial charge >= 0.3 is 5.97 Å². The van der Waals surface area contributed by atoms with E-state index in [4.69, 9.17) is 4.74 Å². The van der Waals surface area contributed by atoms with Gasteiger partial charge < -0.3 is 19.7 Å². The largest absolute Gasteiger partial charge is 0.495 e. The fraction of sp³-hybridized carbons (Fsp3) is 0.217. The van der Waals surface area contributed by atoms with Crippen molar-refractivity contribution in [3.63, 3.8) is 0 Å². The molecule has 0 bridgehead atoms. The van der Waals surface area contributed by atoms with Crippen LogP contribution in [0.5, 0.6) is 5.75 Å². The average molecular weight is 409 g/mol. The van der Waals surface area contributed by atoms with Gasteiger partial charge in [0.15, 0.2) is 0 Å². The van der Waals surface area contributed by atoms with Crippen LogP contribution in [-0.2, 0) is 11.3 Å². The van der Waals surface area contributed by atoms with E-state index in [9.17, 15) is 14.3 Å². The minimum atomic E-state index is -0.976. The van der Waals surface area contributed by atoms with Crippen LogP contribution in [0.1, 0.15) is 23.2 Å². The van der Waals surface area contributed by atoms with E-state index in [-0.39, 0.29) is 11.4 Å². The van der Waals surface area contributed by atoms with Crippen molar-refractivity contribution >= 4 is 12.0 Å². The molecule has 0 atom stereocenters. The number of ether oxygens (including phenoxy) is 1. The Hall–Kier alpha value is -3.45. The van der Waals surface area contributed by atoms with Crippen LogP contribution in [0.2, 0.25) is 0 Å². The number of carbonyl (C=O) groups is 1. The van der Waals surface area contributed by atoms with Crippen molar-refractivity contribution in [2.45, 2.75) is 19.9 Å². The van der Waals surface area contributed by atoms with Crippen molar-refractivity contribution < 1.29 is 19.0 Å². The van der Waals surface area contributed by atoms with E-state index in [1.54, 1.807) is 31.6 Å². The Balaban J connectivity index is 1.69. The first-order valence-corrected chi connectivity index (χ1v) is 9.54. The molecule has 0 amide bonds. The molecule has 2 aromatic carbocycles. The predicted octanol–water partition coefficient (Wildman–Crippen LogP) is 3.98. The standard InChI is InChI=1S/C23H24FN3O3/c1-16-14-27(15-26-16)21-7-6-17(12-22(21)30-2)10-19(23(28)29)8-9-25-13-18-4-3-5-20(24)11-18/h3-7,10-12,14-15,25H,8-9,13H2,1-2H3,(H,28,29)/b19-10+. The van der Waals surface area contributed by atoms with Crippen LogP contribution in [-0.4, -0.2) is 34.3 Å². The molecular formula is C23H24FN3O3. The number of aryl methyl sites for hydroxylation is 1. The summed E-state index contributed by atoms with van der Waals surface area (Å²) in [6, 6.07) is 11.8. The van der Waals surface area contributed by atoms with Crippen molar-refractivity contribution in [3.05, 3.63) is 83.2 Å². The minimum Gasteiger partial charge on any atom is -0.495 e. The zero-order chi connectivity index (χ0) is 21.5. The Kier molecular flexibility index (Phi) is 6.98. The summed E-state index contributed by atoms with van der Waals surface area (Å²) in [7, 11) is 1.57. The fourth-order valence-electron chi connectivity index (χ4n) is 3.10. The molecule has 2 N–H and O–H groups in total. The van der Waals surface area contributed by atoms with Crippen LogP contribution < -0.4 is 10.1 Å². The first kappa shape index (κ1) is 21.3. The third-order valence-electron chi connectivity index (χ3n) is 4.60. The van der Waals surface area contributed by atoms with Crippen LogP contribution in [0.4, 0.5) is 4.39 Å². The van der Waals surface area contributed by atoms with E-state index >= 15 is 0 Å². The number of hydrogen-bond donors (Lipinski definition) is 2. The maximum absolute atomic E-state index is 13.2. The first-order valence-electron chi connectivity index (χ1n) is 9.54. The number of carboxylic acid groups (broad SMARTS) is 1. The predicted molar refractivity (Wildman–Crippen MR) is 113 cm³/mol. The average Bonchev–Trinajstić information content (AvgIpc) is 3.16. The van der Waals surface area contributed by atoms with E-state index in [2.05, 4.69) is 10.3 Å². The van der Waals surface area contributed by atoms with Gasteiger partial charge in [0.05, 0.1) is 24.8 Å². The first-order chi connectivity index (χ1) is 14.5. The summed E-state index contributed by atoms with van der Waals surface area (Å²) >= 11 is 0. The number of benzene rings is 2. The molecule has 0 aliphatic heterocycles. The highest BCUT2D eigenvalue weighted by Gasteiger charge is 2.10. The molecular weight excluding hydrogens is 385 g/mol. The molecule has 7 heteroatoms. The molecule has 3 rings (SSSR count). The number of nitrogens with one attached hydrogen (secondary N) is 1. The van der Waals surface area contributed by atoms with Crippen LogP contribution in [0.15, 0.2) is 60.6 Å². The second-order valence-corrected chi connectivity index (χ2v) is 6.89. The van der Waals surface area contributed by atoms with Gasteiger partial charge in [0, 0.05) is 18.3 Å². The number of aliphatic carboxylic acids is 1. The van der Waals surface area contributed by atoms with E-state index in [0.29, 0.717) is 25.3 Å². The van der Waals surface area contributed by atoms with Crippen LogP contribution in [0.25, 0.3) is 11.8 Å². The summed E-state index contributed by atoms with van der Waals surface area (Å²) < 4.78 is 20.6. The lowest BCUT2D eigenvalue weighted by atomic mass is 10.1. The van der Waals surface area contributed by atoms with Crippen molar-refractivity contribution in [2.24, 2.45) is 0 Å². The van der Waals surface area contributed by atoms with Crippen LogP contribution >= 0.6 is 0 Å². The van der Waals surface area contributed by atoms with Gasteiger partial charge in [-0.25, -0.2) is 14.2 Å². The topological polar surface area (TPSA) is 76.4 Å². The molecule has 0 aliphatic carbocycles. The van der Waals surface area contributed by atoms with Crippen molar-refractivity contribution in [1.29, 1.82) is 0 Å². The summed E-state index contributed by atoms with van der Waals surface area (Å²) in [5.41, 5.74) is 3.53. The molecule has 3 aromatic rings. The number of nitrogens with zero attached hydrogens (tertiary/aromatic N) is 2. The van der Waals surface area contributed by atoms with Crippen molar-refractivity contribution in [1.82, 2.24) is 14.9 Å². The summed E-state index contributed by atoms with van der Waals surface area (Å²) in [5.74, 6) is -0.644. The molecule has 0 radical (unpaired) electrons. The molecule has 0 fully saturated rings. The minimum absolute atomic E-state index is 0.273. The van der Waals surface area contributed by atoms with Crippen molar-refractivity contribution in [3.8, 4) is 11.4 Å². The second-order valence-electron chi connectivity index (χ2n) is 6.89. The maximum atomic E-state index is 13.2. The third kappa shape index (κ3) is 5.55. The number of aromatic nitrogens is 2. The molecule has 30 heavy (non-hydrogen) atoms. The summed E-state index contributed by atoms with van der Waals surface area (Å²) in [6.45, 7) is 2.83. The Morgan fingerprint density at radius 3 is 2.80 bits per heavy atom. The molecule has 156 valence electrons. The van der Waals surface area contributed by atoms with Crippen LogP contribution in [0, 0.1) is 12.7 Å². The number of halogens is 1. The van der Waals surface area contributed by atoms with Gasteiger partial charge in [0.1, 0.15) is 11.6 Å². The molecule has 1 aromatic heterocycles. The molecule has 0 unspecified atom stereocenters. The fourth-order valence-corrected chi connectivity index (χ4v) is 3.10. The number of carboxylic acids is 1. The number of rotatable bonds is 9. The quantitative estimate of drug-likeness (QED) is 0.413. The zero-order valence-corrected chi connectivity index (χ0v) is 16.9. The van der Waals surface area contributed by atoms with Gasteiger partial charge in [0.25, 0.3) is 0 Å². The number of imidazole rings is 1. The highest BCUT2D eigenvalue weighted by Crippen LogP contribution is 2.26. The smallest absolute Gasteiger partial charge is 0.331 e. The Labute approximate surface area is 174 Å². The van der Waals surface area contributed by atoms with Gasteiger partial charge in [-0.1, -0.05) is 18.2 Å². The summed E-state index contributed by atoms with van der Waals surface area (Å²) in [4.78, 5) is 15.9. The van der Waals surface area contributed by atoms with E-state index in [1.807, 2.05) is 35.9 Å². The molecule has 0 saturated heterocycles. The highest BCUT2D eigenvalue weighted by atomic mass is 19.1. The molecule has 0 spiro atoms. The molecule has 0 saturated carbocycles. The van der Waals surface area contributed by atoms with Crippen LogP contribution in [0.3, 0.4) is 0 Å². The summed E-state index contributed by atoms with van der Waals surface area (Å²) in [6.07, 6.45) is 5.56. The Morgan fingerprint density at radius 2 is 2.13 bits per heavy atom. The van der Waals surface area contributed by atoms with Gasteiger partial charge in [-0.2, -0.15) is 0 Å². The van der Waals surface area contributed by atoms with E-state index in [1.165, 1.54) is 12.1 Å². The lowest BCUT2D eigenvalue weighted by Crippen LogP contribution is -2.17. The van der Waals surface area contributed by atoms with Gasteiger partial charge in [-0.15, -0.1) is 0 Å². The summed E-state index contributed by atoms with van der Waals surface area (Å²) in [5, 5.41) is 12.7.